The summed E-state index contributed by atoms with van der Waals surface area (Å²) in [7, 11) is 4.39. The first-order valence-electron chi connectivity index (χ1n) is 12.7. The van der Waals surface area contributed by atoms with E-state index in [-0.39, 0.29) is 0 Å². The Morgan fingerprint density at radius 2 is 1.91 bits per heavy atom. The lowest BCUT2D eigenvalue weighted by molar-refractivity contribution is -0.132. The van der Waals surface area contributed by atoms with Crippen LogP contribution in [-0.2, 0) is 11.3 Å². The lowest BCUT2D eigenvalue weighted by Gasteiger charge is -2.35. The molecule has 2 saturated carbocycles. The van der Waals surface area contributed by atoms with Crippen LogP contribution >= 0.6 is 0 Å². The summed E-state index contributed by atoms with van der Waals surface area (Å²) >= 11 is 0. The van der Waals surface area contributed by atoms with E-state index in [1.165, 1.54) is 65.4 Å². The van der Waals surface area contributed by atoms with Gasteiger partial charge in [0.2, 0.25) is 0 Å². The third-order valence-corrected chi connectivity index (χ3v) is 8.75. The summed E-state index contributed by atoms with van der Waals surface area (Å²) in [6.07, 6.45) is 13.7. The van der Waals surface area contributed by atoms with E-state index < -0.39 is 5.97 Å². The fraction of sp³-hybridized carbons (Fsp3) is 0.483. The Morgan fingerprint density at radius 3 is 2.67 bits per heavy atom. The van der Waals surface area contributed by atoms with E-state index in [1.54, 1.807) is 0 Å². The maximum Gasteiger partial charge on any atom is 0.336 e. The number of aliphatic carboxylic acids is 1. The first-order valence-corrected chi connectivity index (χ1v) is 12.7. The highest BCUT2D eigenvalue weighted by Crippen LogP contribution is 2.49. The SMILES string of the molecule is CN(C)C1CCC2=C3C=CC(C(=O)O)=C3Cn3c(cc4cccc(C5CCCCC5)c43)C2C1. The monoisotopic (exact) mass is 442 g/mol. The van der Waals surface area contributed by atoms with Gasteiger partial charge < -0.3 is 14.6 Å². The zero-order valence-electron chi connectivity index (χ0n) is 19.8. The number of nitrogens with zero attached hydrogens (tertiary/aromatic N) is 2. The van der Waals surface area contributed by atoms with Gasteiger partial charge in [-0.25, -0.2) is 4.79 Å². The Morgan fingerprint density at radius 1 is 1.09 bits per heavy atom. The second-order valence-corrected chi connectivity index (χ2v) is 10.7. The molecule has 4 aliphatic rings. The van der Waals surface area contributed by atoms with Gasteiger partial charge in [0, 0.05) is 29.6 Å². The standard InChI is InChI=1S/C29H34N2O2/c1-30(2)20-11-12-22-23-13-14-24(29(32)33)26(23)17-31-27(25(22)16-20)15-19-9-6-10-21(28(19)31)18-7-4-3-5-8-18/h6,9-10,13-15,18,20,25H,3-5,7-8,11-12,16-17H2,1-2H3,(H,32,33). The number of carboxylic acids is 1. The molecular weight excluding hydrogens is 408 g/mol. The Balaban J connectivity index is 1.58. The van der Waals surface area contributed by atoms with Crippen LogP contribution in [-0.4, -0.2) is 40.7 Å². The van der Waals surface area contributed by atoms with E-state index in [1.807, 2.05) is 6.08 Å². The molecule has 0 saturated heterocycles. The fourth-order valence-corrected chi connectivity index (χ4v) is 7.04. The van der Waals surface area contributed by atoms with Gasteiger partial charge >= 0.3 is 5.97 Å². The first kappa shape index (κ1) is 21.0. The Hall–Kier alpha value is -2.59. The van der Waals surface area contributed by atoms with Crippen LogP contribution in [0.1, 0.15) is 74.5 Å². The van der Waals surface area contributed by atoms with Crippen molar-refractivity contribution in [3.63, 3.8) is 0 Å². The summed E-state index contributed by atoms with van der Waals surface area (Å²) in [6, 6.07) is 9.82. The molecular formula is C29H34N2O2. The largest absolute Gasteiger partial charge is 0.478 e. The number of benzene rings is 1. The number of carbonyl (C=O) groups is 1. The van der Waals surface area contributed by atoms with Crippen LogP contribution in [0.3, 0.4) is 0 Å². The van der Waals surface area contributed by atoms with Gasteiger partial charge in [0.25, 0.3) is 0 Å². The molecule has 33 heavy (non-hydrogen) atoms. The third kappa shape index (κ3) is 3.33. The smallest absolute Gasteiger partial charge is 0.336 e. The number of fused-ring (bicyclic) bond motifs is 6. The van der Waals surface area contributed by atoms with Crippen LogP contribution in [0.15, 0.2) is 58.7 Å². The van der Waals surface area contributed by atoms with Crippen molar-refractivity contribution in [2.45, 2.75) is 75.8 Å². The topological polar surface area (TPSA) is 45.5 Å². The molecule has 1 aromatic heterocycles. The normalized spacial score (nSPS) is 25.4. The molecule has 172 valence electrons. The van der Waals surface area contributed by atoms with Gasteiger partial charge in [0.15, 0.2) is 0 Å². The minimum atomic E-state index is -0.803. The number of carboxylic acid groups (broad SMARTS) is 1. The van der Waals surface area contributed by atoms with Gasteiger partial charge in [-0.15, -0.1) is 0 Å². The van der Waals surface area contributed by atoms with Gasteiger partial charge in [-0.05, 0) is 81.0 Å². The summed E-state index contributed by atoms with van der Waals surface area (Å²) in [5.74, 6) is 0.165. The second-order valence-electron chi connectivity index (χ2n) is 10.7. The predicted molar refractivity (Wildman–Crippen MR) is 133 cm³/mol. The summed E-state index contributed by atoms with van der Waals surface area (Å²) < 4.78 is 2.51. The van der Waals surface area contributed by atoms with E-state index in [2.05, 4.69) is 53.9 Å². The Kier molecular flexibility index (Phi) is 5.10. The molecule has 2 unspecified atom stereocenters. The van der Waals surface area contributed by atoms with Crippen molar-refractivity contribution in [2.75, 3.05) is 14.1 Å². The molecule has 0 radical (unpaired) electrons. The molecule has 2 atom stereocenters. The highest BCUT2D eigenvalue weighted by molar-refractivity contribution is 5.94. The summed E-state index contributed by atoms with van der Waals surface area (Å²) in [4.78, 5) is 14.5. The van der Waals surface area contributed by atoms with Crippen molar-refractivity contribution < 1.29 is 9.90 Å². The number of rotatable bonds is 3. The molecule has 1 aliphatic heterocycles. The van der Waals surface area contributed by atoms with Gasteiger partial charge in [0.05, 0.1) is 11.1 Å². The second kappa shape index (κ2) is 8.02. The quantitative estimate of drug-likeness (QED) is 0.620. The molecule has 0 spiro atoms. The molecule has 4 heteroatoms. The summed E-state index contributed by atoms with van der Waals surface area (Å²) in [6.45, 7) is 0.666. The van der Waals surface area contributed by atoms with E-state index in [0.29, 0.717) is 30.0 Å². The van der Waals surface area contributed by atoms with Crippen molar-refractivity contribution in [2.24, 2.45) is 0 Å². The van der Waals surface area contributed by atoms with E-state index in [9.17, 15) is 9.90 Å². The average Bonchev–Trinajstić information content (AvgIpc) is 3.38. The van der Waals surface area contributed by atoms with E-state index in [4.69, 9.17) is 0 Å². The summed E-state index contributed by atoms with van der Waals surface area (Å²) in [5.41, 5.74) is 8.39. The van der Waals surface area contributed by atoms with Crippen molar-refractivity contribution in [3.8, 4) is 0 Å². The van der Waals surface area contributed by atoms with Crippen LogP contribution < -0.4 is 0 Å². The highest BCUT2D eigenvalue weighted by atomic mass is 16.4. The van der Waals surface area contributed by atoms with Gasteiger partial charge in [-0.3, -0.25) is 0 Å². The van der Waals surface area contributed by atoms with Crippen molar-refractivity contribution in [3.05, 3.63) is 70.0 Å². The van der Waals surface area contributed by atoms with Crippen molar-refractivity contribution in [1.29, 1.82) is 0 Å². The molecule has 1 N–H and O–H groups in total. The molecule has 0 bridgehead atoms. The van der Waals surface area contributed by atoms with E-state index in [0.717, 1.165) is 24.8 Å². The molecule has 6 rings (SSSR count). The van der Waals surface area contributed by atoms with Crippen LogP contribution in [0, 0.1) is 0 Å². The first-order chi connectivity index (χ1) is 16.0. The van der Waals surface area contributed by atoms with Crippen LogP contribution in [0.25, 0.3) is 10.9 Å². The number of para-hydroxylation sites is 1. The molecule has 1 aromatic carbocycles. The molecule has 4 nitrogen and oxygen atoms in total. The van der Waals surface area contributed by atoms with E-state index >= 15 is 0 Å². The fourth-order valence-electron chi connectivity index (χ4n) is 7.04. The van der Waals surface area contributed by atoms with Gasteiger partial charge in [-0.1, -0.05) is 49.1 Å². The minimum absolute atomic E-state index is 0.350. The molecule has 3 aliphatic carbocycles. The zero-order chi connectivity index (χ0) is 22.7. The number of hydrogen-bond donors (Lipinski definition) is 1. The molecule has 2 aromatic rings. The van der Waals surface area contributed by atoms with Crippen LogP contribution in [0.4, 0.5) is 0 Å². The highest BCUT2D eigenvalue weighted by Gasteiger charge is 2.37. The maximum atomic E-state index is 12.2. The molecule has 0 amide bonds. The average molecular weight is 443 g/mol. The minimum Gasteiger partial charge on any atom is -0.478 e. The number of allylic oxidation sites excluding steroid dienone is 4. The van der Waals surface area contributed by atoms with Crippen molar-refractivity contribution in [1.82, 2.24) is 9.47 Å². The molecule has 2 heterocycles. The van der Waals surface area contributed by atoms with Gasteiger partial charge in [0.1, 0.15) is 0 Å². The maximum absolute atomic E-state index is 12.2. The lowest BCUT2D eigenvalue weighted by Crippen LogP contribution is -2.33. The van der Waals surface area contributed by atoms with Crippen LogP contribution in [0.2, 0.25) is 0 Å². The van der Waals surface area contributed by atoms with Gasteiger partial charge in [-0.2, -0.15) is 0 Å². The summed E-state index contributed by atoms with van der Waals surface area (Å²) in [5, 5.41) is 11.3. The number of hydrogen-bond acceptors (Lipinski definition) is 2. The number of aromatic nitrogens is 1. The molecule has 2 fully saturated rings. The predicted octanol–water partition coefficient (Wildman–Crippen LogP) is 6.15. The third-order valence-electron chi connectivity index (χ3n) is 8.75. The lowest BCUT2D eigenvalue weighted by atomic mass is 9.76. The zero-order valence-corrected chi connectivity index (χ0v) is 19.8. The Bertz CT molecular complexity index is 1220. The van der Waals surface area contributed by atoms with Crippen LogP contribution in [0.5, 0.6) is 0 Å². The Labute approximate surface area is 196 Å². The van der Waals surface area contributed by atoms with Crippen molar-refractivity contribution >= 4 is 16.9 Å².